The lowest BCUT2D eigenvalue weighted by atomic mass is 10.1. The molecule has 4 rings (SSSR count). The second kappa shape index (κ2) is 6.45. The van der Waals surface area contributed by atoms with E-state index in [-0.39, 0.29) is 22.6 Å². The van der Waals surface area contributed by atoms with Crippen LogP contribution in [0.15, 0.2) is 64.2 Å². The maximum atomic E-state index is 13.0. The van der Waals surface area contributed by atoms with E-state index in [0.29, 0.717) is 0 Å². The quantitative estimate of drug-likeness (QED) is 0.538. The highest BCUT2D eigenvalue weighted by Crippen LogP contribution is 2.22. The number of fused-ring (bicyclic) bond motifs is 2. The summed E-state index contributed by atoms with van der Waals surface area (Å²) in [5.41, 5.74) is 0.144. The number of hydrogen-bond donors (Lipinski definition) is 0. The van der Waals surface area contributed by atoms with Crippen LogP contribution in [0, 0.1) is 0 Å². The van der Waals surface area contributed by atoms with Gasteiger partial charge < -0.3 is 4.90 Å². The molecular weight excluding hydrogens is 356 g/mol. The number of aryl methyl sites for hydroxylation is 1. The van der Waals surface area contributed by atoms with E-state index >= 15 is 0 Å². The summed E-state index contributed by atoms with van der Waals surface area (Å²) in [5, 5.41) is 2.40. The fraction of sp³-hybridized carbons (Fsp3) is 0.143. The maximum Gasteiger partial charge on any atom is 0.332 e. The first-order chi connectivity index (χ1) is 13.4. The number of hydrogen-bond acceptors (Lipinski definition) is 4. The molecule has 0 aliphatic rings. The predicted molar refractivity (Wildman–Crippen MR) is 109 cm³/mol. The van der Waals surface area contributed by atoms with E-state index in [0.717, 1.165) is 21.0 Å². The van der Waals surface area contributed by atoms with Crippen LogP contribution in [0.1, 0.15) is 10.5 Å². The van der Waals surface area contributed by atoms with Crippen LogP contribution in [0.25, 0.3) is 21.8 Å². The molecule has 0 spiro atoms. The van der Waals surface area contributed by atoms with E-state index in [2.05, 4.69) is 4.98 Å². The van der Waals surface area contributed by atoms with Crippen LogP contribution < -0.4 is 16.1 Å². The summed E-state index contributed by atoms with van der Waals surface area (Å²) in [5.74, 6) is -0.328. The molecule has 2 aromatic carbocycles. The molecule has 28 heavy (non-hydrogen) atoms. The molecule has 140 valence electrons. The molecule has 2 heterocycles. The normalized spacial score (nSPS) is 11.1. The summed E-state index contributed by atoms with van der Waals surface area (Å²) in [4.78, 5) is 43.2. The Morgan fingerprint density at radius 3 is 2.39 bits per heavy atom. The lowest BCUT2D eigenvalue weighted by molar-refractivity contribution is 0.0988. The van der Waals surface area contributed by atoms with Crippen molar-refractivity contribution in [3.05, 3.63) is 81.1 Å². The molecule has 0 unspecified atom stereocenters. The van der Waals surface area contributed by atoms with E-state index in [1.165, 1.54) is 35.7 Å². The Morgan fingerprint density at radius 1 is 0.929 bits per heavy atom. The molecule has 0 fully saturated rings. The highest BCUT2D eigenvalue weighted by molar-refractivity contribution is 6.06. The van der Waals surface area contributed by atoms with Crippen LogP contribution in [0.4, 0.5) is 5.69 Å². The fourth-order valence-corrected chi connectivity index (χ4v) is 3.25. The van der Waals surface area contributed by atoms with Crippen molar-refractivity contribution < 1.29 is 4.79 Å². The molecule has 1 amide bonds. The molecule has 4 aromatic rings. The van der Waals surface area contributed by atoms with Crippen molar-refractivity contribution in [2.75, 3.05) is 11.9 Å². The van der Waals surface area contributed by atoms with Gasteiger partial charge in [0.15, 0.2) is 0 Å². The number of benzene rings is 2. The summed E-state index contributed by atoms with van der Waals surface area (Å²) in [7, 11) is 4.61. The number of pyridine rings is 1. The first-order valence-corrected chi connectivity index (χ1v) is 8.72. The van der Waals surface area contributed by atoms with Gasteiger partial charge in [0.2, 0.25) is 0 Å². The first kappa shape index (κ1) is 17.7. The van der Waals surface area contributed by atoms with Crippen molar-refractivity contribution in [2.24, 2.45) is 14.1 Å². The zero-order valence-electron chi connectivity index (χ0n) is 15.7. The third-order valence-electron chi connectivity index (χ3n) is 4.95. The molecule has 0 atom stereocenters. The number of carbonyl (C=O) groups excluding carboxylic acids is 1. The van der Waals surface area contributed by atoms with Gasteiger partial charge in [-0.2, -0.15) is 0 Å². The minimum atomic E-state index is -0.488. The summed E-state index contributed by atoms with van der Waals surface area (Å²) in [6, 6.07) is 16.7. The van der Waals surface area contributed by atoms with Crippen molar-refractivity contribution in [2.45, 2.75) is 0 Å². The molecule has 0 saturated carbocycles. The lowest BCUT2D eigenvalue weighted by Crippen LogP contribution is -2.37. The van der Waals surface area contributed by atoms with Gasteiger partial charge in [-0.1, -0.05) is 30.3 Å². The Bertz CT molecular complexity index is 1370. The van der Waals surface area contributed by atoms with Gasteiger partial charge in [-0.25, -0.2) is 9.78 Å². The van der Waals surface area contributed by atoms with E-state index < -0.39 is 11.2 Å². The molecule has 0 aliphatic carbocycles. The van der Waals surface area contributed by atoms with Crippen LogP contribution in [0.3, 0.4) is 0 Å². The van der Waals surface area contributed by atoms with Crippen LogP contribution in [0.2, 0.25) is 0 Å². The standard InChI is InChI=1S/C21H18N4O3/c1-23(15-9-8-13-6-4-5-7-14(13)12-15)20(27)17-11-10-16-18(22-17)24(2)21(28)25(3)19(16)26/h4-12H,1-3H3. The lowest BCUT2D eigenvalue weighted by Gasteiger charge is -2.18. The number of carbonyl (C=O) groups is 1. The van der Waals surface area contributed by atoms with Crippen LogP contribution in [-0.4, -0.2) is 27.1 Å². The first-order valence-electron chi connectivity index (χ1n) is 8.72. The SMILES string of the molecule is CN(C(=O)c1ccc2c(=O)n(C)c(=O)n(C)c2n1)c1ccc2ccccc2c1. The van der Waals surface area contributed by atoms with Crippen LogP contribution >= 0.6 is 0 Å². The molecule has 7 nitrogen and oxygen atoms in total. The van der Waals surface area contributed by atoms with Gasteiger partial charge in [0.25, 0.3) is 11.5 Å². The number of rotatable bonds is 2. The third-order valence-corrected chi connectivity index (χ3v) is 4.95. The minimum absolute atomic E-state index is 0.159. The van der Waals surface area contributed by atoms with Crippen LogP contribution in [-0.2, 0) is 14.1 Å². The highest BCUT2D eigenvalue weighted by atomic mass is 16.2. The Balaban J connectivity index is 1.79. The molecule has 0 aliphatic heterocycles. The molecule has 0 saturated heterocycles. The Kier molecular flexibility index (Phi) is 4.07. The fourth-order valence-electron chi connectivity index (χ4n) is 3.25. The topological polar surface area (TPSA) is 77.2 Å². The van der Waals surface area contributed by atoms with Gasteiger partial charge in [-0.3, -0.25) is 18.7 Å². The monoisotopic (exact) mass is 374 g/mol. The van der Waals surface area contributed by atoms with Crippen molar-refractivity contribution in [3.8, 4) is 0 Å². The Morgan fingerprint density at radius 2 is 1.64 bits per heavy atom. The number of aromatic nitrogens is 3. The minimum Gasteiger partial charge on any atom is -0.310 e. The summed E-state index contributed by atoms with van der Waals surface area (Å²) >= 11 is 0. The van der Waals surface area contributed by atoms with Gasteiger partial charge in [0.1, 0.15) is 11.3 Å². The summed E-state index contributed by atoms with van der Waals surface area (Å²) < 4.78 is 2.29. The van der Waals surface area contributed by atoms with Gasteiger partial charge in [0, 0.05) is 26.8 Å². The molecule has 0 bridgehead atoms. The van der Waals surface area contributed by atoms with Gasteiger partial charge >= 0.3 is 5.69 Å². The van der Waals surface area contributed by atoms with E-state index in [1.54, 1.807) is 7.05 Å². The second-order valence-electron chi connectivity index (χ2n) is 6.67. The average Bonchev–Trinajstić information content (AvgIpc) is 2.74. The van der Waals surface area contributed by atoms with E-state index in [1.807, 2.05) is 42.5 Å². The molecular formula is C21H18N4O3. The summed E-state index contributed by atoms with van der Waals surface area (Å²) in [6.45, 7) is 0. The molecule has 7 heteroatoms. The van der Waals surface area contributed by atoms with Crippen molar-refractivity contribution in [1.29, 1.82) is 0 Å². The van der Waals surface area contributed by atoms with E-state index in [4.69, 9.17) is 0 Å². The molecule has 0 radical (unpaired) electrons. The largest absolute Gasteiger partial charge is 0.332 e. The van der Waals surface area contributed by atoms with Crippen molar-refractivity contribution in [3.63, 3.8) is 0 Å². The number of anilines is 1. The van der Waals surface area contributed by atoms with Gasteiger partial charge in [0.05, 0.1) is 5.39 Å². The zero-order valence-corrected chi connectivity index (χ0v) is 15.7. The number of amides is 1. The Labute approximate surface area is 160 Å². The predicted octanol–water partition coefficient (Wildman–Crippen LogP) is 2.06. The Hall–Kier alpha value is -3.74. The van der Waals surface area contributed by atoms with Gasteiger partial charge in [-0.15, -0.1) is 0 Å². The smallest absolute Gasteiger partial charge is 0.310 e. The number of nitrogens with zero attached hydrogens (tertiary/aromatic N) is 4. The second-order valence-corrected chi connectivity index (χ2v) is 6.67. The molecule has 2 aromatic heterocycles. The van der Waals surface area contributed by atoms with Crippen molar-refractivity contribution in [1.82, 2.24) is 14.1 Å². The molecule has 0 N–H and O–H groups in total. The highest BCUT2D eigenvalue weighted by Gasteiger charge is 2.18. The van der Waals surface area contributed by atoms with Gasteiger partial charge in [-0.05, 0) is 35.0 Å². The van der Waals surface area contributed by atoms with Crippen molar-refractivity contribution >= 4 is 33.4 Å². The zero-order chi connectivity index (χ0) is 20.0. The third kappa shape index (κ3) is 2.68. The van der Waals surface area contributed by atoms with E-state index in [9.17, 15) is 14.4 Å². The average molecular weight is 374 g/mol. The summed E-state index contributed by atoms with van der Waals surface area (Å²) in [6.07, 6.45) is 0. The maximum absolute atomic E-state index is 13.0. The van der Waals surface area contributed by atoms with Crippen LogP contribution in [0.5, 0.6) is 0 Å².